The fourth-order valence-electron chi connectivity index (χ4n) is 1.76. The molecule has 2 atom stereocenters. The third kappa shape index (κ3) is 3.24. The maximum atomic E-state index is 11.3. The van der Waals surface area contributed by atoms with Crippen molar-refractivity contribution < 1.29 is 12.6 Å². The van der Waals surface area contributed by atoms with E-state index in [1.165, 1.54) is 8.61 Å². The van der Waals surface area contributed by atoms with Gasteiger partial charge in [-0.25, -0.2) is 4.31 Å². The zero-order chi connectivity index (χ0) is 14.1. The smallest absolute Gasteiger partial charge is 0.253 e. The summed E-state index contributed by atoms with van der Waals surface area (Å²) in [5.41, 5.74) is 0. The van der Waals surface area contributed by atoms with Crippen LogP contribution in [0.4, 0.5) is 0 Å². The van der Waals surface area contributed by atoms with Gasteiger partial charge in [-0.3, -0.25) is 4.21 Å². The molecule has 8 heteroatoms. The maximum Gasteiger partial charge on any atom is 0.281 e. The van der Waals surface area contributed by atoms with Crippen LogP contribution in [0.5, 0.6) is 0 Å². The molecule has 0 N–H and O–H groups in total. The van der Waals surface area contributed by atoms with E-state index in [9.17, 15) is 12.6 Å². The van der Waals surface area contributed by atoms with E-state index < -0.39 is 19.9 Å². The highest BCUT2D eigenvalue weighted by atomic mass is 32.2. The monoisotopic (exact) mass is 297 g/mol. The van der Waals surface area contributed by atoms with E-state index >= 15 is 0 Å². The Morgan fingerprint density at radius 3 is 1.61 bits per heavy atom. The van der Waals surface area contributed by atoms with Crippen LogP contribution < -0.4 is 0 Å². The zero-order valence-electron chi connectivity index (χ0n) is 11.5. The molecule has 6 nitrogen and oxygen atoms in total. The topological polar surface area (TPSA) is 60.9 Å². The van der Waals surface area contributed by atoms with Crippen LogP contribution in [0.15, 0.2) is 0 Å². The molecular formula is C10H23N3O3S2. The molecule has 108 valence electrons. The molecule has 0 aromatic rings. The average molecular weight is 297 g/mol. The van der Waals surface area contributed by atoms with E-state index in [0.29, 0.717) is 19.1 Å². The van der Waals surface area contributed by atoms with Crippen molar-refractivity contribution in [1.29, 1.82) is 0 Å². The van der Waals surface area contributed by atoms with Gasteiger partial charge in [0.25, 0.3) is 10.2 Å². The summed E-state index contributed by atoms with van der Waals surface area (Å²) in [6, 6.07) is 0.454. The zero-order valence-corrected chi connectivity index (χ0v) is 13.1. The van der Waals surface area contributed by atoms with Crippen molar-refractivity contribution in [2.45, 2.75) is 19.4 Å². The normalized spacial score (nSPS) is 37.4. The molecule has 0 amide bonds. The molecule has 18 heavy (non-hydrogen) atoms. The Bertz CT molecular complexity index is 470. The van der Waals surface area contributed by atoms with Crippen molar-refractivity contribution in [3.63, 3.8) is 0 Å². The average Bonchev–Trinajstić information content (AvgIpc) is 2.65. The van der Waals surface area contributed by atoms with Crippen LogP contribution in [0.1, 0.15) is 13.3 Å². The summed E-state index contributed by atoms with van der Waals surface area (Å²) < 4.78 is 37.8. The second-order valence-electron chi connectivity index (χ2n) is 4.81. The molecular weight excluding hydrogens is 274 g/mol. The largest absolute Gasteiger partial charge is 0.281 e. The maximum absolute atomic E-state index is 11.3. The van der Waals surface area contributed by atoms with Gasteiger partial charge in [-0.1, -0.05) is 0 Å². The Balaban J connectivity index is 0.000000180. The molecule has 2 rings (SSSR count). The SMILES string of the molecule is C=S1(=O)CC[C@H](C)N1C.CN1CCN(C)S1(=O)=O. The van der Waals surface area contributed by atoms with E-state index in [1.54, 1.807) is 14.1 Å². The first-order valence-corrected chi connectivity index (χ1v) is 9.09. The minimum Gasteiger partial charge on any atom is -0.253 e. The van der Waals surface area contributed by atoms with Gasteiger partial charge >= 0.3 is 0 Å². The van der Waals surface area contributed by atoms with E-state index in [-0.39, 0.29) is 0 Å². The highest BCUT2D eigenvalue weighted by molar-refractivity contribution is 7.98. The number of hydrogen-bond acceptors (Lipinski definition) is 3. The lowest BCUT2D eigenvalue weighted by Gasteiger charge is -2.15. The van der Waals surface area contributed by atoms with Gasteiger partial charge in [0.05, 0.1) is 0 Å². The highest BCUT2D eigenvalue weighted by Crippen LogP contribution is 2.17. The first kappa shape index (κ1) is 15.9. The van der Waals surface area contributed by atoms with Gasteiger partial charge in [-0.2, -0.15) is 17.0 Å². The molecule has 0 aromatic heterocycles. The number of rotatable bonds is 0. The molecule has 2 aliphatic heterocycles. The van der Waals surface area contributed by atoms with Gasteiger partial charge in [0.2, 0.25) is 0 Å². The lowest BCUT2D eigenvalue weighted by atomic mass is 10.3. The lowest BCUT2D eigenvalue weighted by Crippen LogP contribution is -2.27. The predicted octanol–water partition coefficient (Wildman–Crippen LogP) is -0.550. The predicted molar refractivity (Wildman–Crippen MR) is 76.2 cm³/mol. The van der Waals surface area contributed by atoms with Crippen LogP contribution in [-0.2, 0) is 19.9 Å². The summed E-state index contributed by atoms with van der Waals surface area (Å²) in [5, 5.41) is 0. The molecule has 0 spiro atoms. The van der Waals surface area contributed by atoms with Gasteiger partial charge < -0.3 is 0 Å². The van der Waals surface area contributed by atoms with Crippen molar-refractivity contribution in [2.24, 2.45) is 0 Å². The van der Waals surface area contributed by atoms with Crippen molar-refractivity contribution in [3.8, 4) is 0 Å². The van der Waals surface area contributed by atoms with Crippen molar-refractivity contribution in [1.82, 2.24) is 12.9 Å². The third-order valence-electron chi connectivity index (χ3n) is 3.52. The quantitative estimate of drug-likeness (QED) is 0.564. The molecule has 2 heterocycles. The van der Waals surface area contributed by atoms with Gasteiger partial charge in [-0.05, 0) is 26.3 Å². The van der Waals surface area contributed by atoms with Crippen molar-refractivity contribution in [3.05, 3.63) is 0 Å². The molecule has 0 radical (unpaired) electrons. The Kier molecular flexibility index (Phi) is 4.82. The molecule has 0 saturated carbocycles. The molecule has 1 unspecified atom stereocenters. The molecule has 0 aromatic carbocycles. The van der Waals surface area contributed by atoms with Gasteiger partial charge in [0.1, 0.15) is 0 Å². The van der Waals surface area contributed by atoms with Crippen LogP contribution in [0.2, 0.25) is 0 Å². The number of hydrogen-bond donors (Lipinski definition) is 0. The highest BCUT2D eigenvalue weighted by Gasteiger charge is 2.29. The molecule has 2 fully saturated rings. The minimum atomic E-state index is -3.04. The summed E-state index contributed by atoms with van der Waals surface area (Å²) in [6.45, 7) is 3.30. The van der Waals surface area contributed by atoms with E-state index in [2.05, 4.69) is 12.8 Å². The summed E-state index contributed by atoms with van der Waals surface area (Å²) in [7, 11) is 0.168. The molecule has 2 aliphatic rings. The second-order valence-corrected chi connectivity index (χ2v) is 9.48. The fourth-order valence-corrected chi connectivity index (χ4v) is 4.62. The fraction of sp³-hybridized carbons (Fsp3) is 0.900. The standard InChI is InChI=1S/C6H13NOS.C4H10N2O2S/c1-6-4-5-9(3,8)7(6)2;1-5-3-4-6(2)9(5,7)8/h6H,3-5H2,1-2H3;3-4H2,1-2H3/t6-,9?;/m0./s1. The molecule has 0 aliphatic carbocycles. The van der Waals surface area contributed by atoms with Crippen LogP contribution in [0.3, 0.4) is 0 Å². The van der Waals surface area contributed by atoms with Crippen LogP contribution in [-0.4, -0.2) is 77.4 Å². The third-order valence-corrected chi connectivity index (χ3v) is 7.74. The van der Waals surface area contributed by atoms with Crippen LogP contribution in [0, 0.1) is 0 Å². The van der Waals surface area contributed by atoms with Gasteiger partial charge in [0.15, 0.2) is 0 Å². The van der Waals surface area contributed by atoms with E-state index in [4.69, 9.17) is 0 Å². The summed E-state index contributed by atoms with van der Waals surface area (Å²) >= 11 is 0. The van der Waals surface area contributed by atoms with E-state index in [1.807, 2.05) is 11.4 Å². The lowest BCUT2D eigenvalue weighted by molar-refractivity contribution is 0.441. The minimum absolute atomic E-state index is 0.454. The number of nitrogens with zero attached hydrogens (tertiary/aromatic N) is 3. The van der Waals surface area contributed by atoms with Crippen LogP contribution in [0.25, 0.3) is 0 Å². The second kappa shape index (κ2) is 5.46. The number of likely N-dealkylation sites (N-methyl/N-ethyl adjacent to an activating group) is 2. The Morgan fingerprint density at radius 2 is 1.50 bits per heavy atom. The first-order chi connectivity index (χ1) is 8.09. The Labute approximate surface area is 111 Å². The van der Waals surface area contributed by atoms with Gasteiger partial charge in [0, 0.05) is 48.7 Å². The van der Waals surface area contributed by atoms with Crippen LogP contribution >= 0.6 is 0 Å². The molecule has 0 bridgehead atoms. The van der Waals surface area contributed by atoms with Crippen molar-refractivity contribution in [2.75, 3.05) is 40.0 Å². The Hall–Kier alpha value is -0.150. The van der Waals surface area contributed by atoms with E-state index in [0.717, 1.165) is 12.2 Å². The van der Waals surface area contributed by atoms with Gasteiger partial charge in [-0.15, -0.1) is 0 Å². The molecule has 2 saturated heterocycles. The summed E-state index contributed by atoms with van der Waals surface area (Å²) in [5.74, 6) is 4.42. The summed E-state index contributed by atoms with van der Waals surface area (Å²) in [4.78, 5) is 0. The van der Waals surface area contributed by atoms with Crippen molar-refractivity contribution >= 4 is 25.8 Å². The first-order valence-electron chi connectivity index (χ1n) is 5.84. The summed E-state index contributed by atoms with van der Waals surface area (Å²) in [6.07, 6.45) is 1.03. The Morgan fingerprint density at radius 1 is 1.06 bits per heavy atom.